The van der Waals surface area contributed by atoms with Crippen LogP contribution >= 0.6 is 0 Å². The zero-order valence-corrected chi connectivity index (χ0v) is 19.0. The largest absolute Gasteiger partial charge is 0.496 e. The van der Waals surface area contributed by atoms with Gasteiger partial charge in [0, 0.05) is 37.4 Å². The van der Waals surface area contributed by atoms with Crippen LogP contribution in [0.25, 0.3) is 0 Å². The van der Waals surface area contributed by atoms with E-state index in [4.69, 9.17) is 4.74 Å². The fourth-order valence-corrected chi connectivity index (χ4v) is 5.30. The first kappa shape index (κ1) is 20.4. The second-order valence-electron chi connectivity index (χ2n) is 9.45. The van der Waals surface area contributed by atoms with E-state index >= 15 is 0 Å². The number of rotatable bonds is 5. The average Bonchev–Trinajstić information content (AvgIpc) is 3.37. The number of nitrogens with one attached hydrogen (secondary N) is 1. The van der Waals surface area contributed by atoms with Crippen molar-refractivity contribution >= 4 is 11.6 Å². The second-order valence-corrected chi connectivity index (χ2v) is 9.45. The predicted octanol–water partition coefficient (Wildman–Crippen LogP) is 3.66. The number of piperazine rings is 1. The summed E-state index contributed by atoms with van der Waals surface area (Å²) >= 11 is 0. The van der Waals surface area contributed by atoms with Gasteiger partial charge in [-0.1, -0.05) is 12.1 Å². The number of ether oxygens (including phenoxy) is 1. The zero-order valence-electron chi connectivity index (χ0n) is 19.0. The minimum absolute atomic E-state index is 0.0496. The molecule has 0 bridgehead atoms. The number of nitrogens with zero attached hydrogens (tertiary/aromatic N) is 2. The number of fused-ring (bicyclic) bond motifs is 1. The predicted molar refractivity (Wildman–Crippen MR) is 124 cm³/mol. The summed E-state index contributed by atoms with van der Waals surface area (Å²) in [5.41, 5.74) is 6.82. The molecule has 0 spiro atoms. The van der Waals surface area contributed by atoms with Gasteiger partial charge in [-0.05, 0) is 86.5 Å². The Balaban J connectivity index is 1.40. The Morgan fingerprint density at radius 3 is 2.48 bits per heavy atom. The minimum Gasteiger partial charge on any atom is -0.496 e. The lowest BCUT2D eigenvalue weighted by Crippen LogP contribution is -2.44. The molecule has 5 heteroatoms. The van der Waals surface area contributed by atoms with Crippen LogP contribution in [0.1, 0.15) is 51.9 Å². The van der Waals surface area contributed by atoms with Crippen molar-refractivity contribution < 1.29 is 9.53 Å². The van der Waals surface area contributed by atoms with Gasteiger partial charge < -0.3 is 19.9 Å². The summed E-state index contributed by atoms with van der Waals surface area (Å²) in [4.78, 5) is 18.2. The van der Waals surface area contributed by atoms with E-state index in [9.17, 15) is 4.79 Å². The van der Waals surface area contributed by atoms with Gasteiger partial charge in [0.25, 0.3) is 5.91 Å². The third kappa shape index (κ3) is 3.69. The number of carbonyl (C=O) groups excluding carboxylic acids is 1. The van der Waals surface area contributed by atoms with Crippen molar-refractivity contribution in [2.45, 2.75) is 44.6 Å². The van der Waals surface area contributed by atoms with Crippen LogP contribution < -0.4 is 15.0 Å². The molecule has 164 valence electrons. The standard InChI is InChI=1S/C26H33N3O2/c1-18-7-8-19(29-15-13-28(2)14-16-29)17-22(18)25(30)27-26(11-12-26)23-9-10-24(31-3)21-6-4-5-20(21)23/h7-10,17H,4-6,11-16H2,1-3H3,(H,27,30). The summed E-state index contributed by atoms with van der Waals surface area (Å²) in [5.74, 6) is 1.04. The Morgan fingerprint density at radius 2 is 1.77 bits per heavy atom. The van der Waals surface area contributed by atoms with Gasteiger partial charge in [0.05, 0.1) is 12.6 Å². The number of likely N-dealkylation sites (N-methyl/N-ethyl adjacent to an activating group) is 1. The molecule has 1 N–H and O–H groups in total. The highest BCUT2D eigenvalue weighted by atomic mass is 16.5. The highest BCUT2D eigenvalue weighted by molar-refractivity contribution is 5.97. The third-order valence-electron chi connectivity index (χ3n) is 7.41. The summed E-state index contributed by atoms with van der Waals surface area (Å²) in [6.45, 7) is 6.15. The van der Waals surface area contributed by atoms with Crippen molar-refractivity contribution in [3.63, 3.8) is 0 Å². The van der Waals surface area contributed by atoms with E-state index in [1.807, 2.05) is 6.92 Å². The molecule has 1 aliphatic heterocycles. The van der Waals surface area contributed by atoms with Crippen LogP contribution in [0.15, 0.2) is 30.3 Å². The van der Waals surface area contributed by atoms with Crippen molar-refractivity contribution in [1.82, 2.24) is 10.2 Å². The second kappa shape index (κ2) is 7.86. The molecule has 1 amide bonds. The third-order valence-corrected chi connectivity index (χ3v) is 7.41. The van der Waals surface area contributed by atoms with Gasteiger partial charge in [-0.3, -0.25) is 4.79 Å². The first-order valence-corrected chi connectivity index (χ1v) is 11.6. The minimum atomic E-state index is -0.214. The van der Waals surface area contributed by atoms with Crippen molar-refractivity contribution in [2.75, 3.05) is 45.2 Å². The van der Waals surface area contributed by atoms with Gasteiger partial charge in [-0.25, -0.2) is 0 Å². The molecule has 2 aliphatic carbocycles. The fourth-order valence-electron chi connectivity index (χ4n) is 5.30. The quantitative estimate of drug-likeness (QED) is 0.803. The number of carbonyl (C=O) groups is 1. The summed E-state index contributed by atoms with van der Waals surface area (Å²) < 4.78 is 5.59. The molecule has 5 rings (SSSR count). The summed E-state index contributed by atoms with van der Waals surface area (Å²) in [7, 11) is 3.91. The lowest BCUT2D eigenvalue weighted by atomic mass is 9.94. The Morgan fingerprint density at radius 1 is 1.03 bits per heavy atom. The topological polar surface area (TPSA) is 44.8 Å². The molecule has 0 atom stereocenters. The van der Waals surface area contributed by atoms with Crippen molar-refractivity contribution in [3.8, 4) is 5.75 Å². The maximum atomic E-state index is 13.4. The molecule has 2 fully saturated rings. The van der Waals surface area contributed by atoms with Crippen molar-refractivity contribution in [3.05, 3.63) is 58.1 Å². The molecule has 2 aromatic carbocycles. The van der Waals surface area contributed by atoms with Crippen LogP contribution in [0.2, 0.25) is 0 Å². The summed E-state index contributed by atoms with van der Waals surface area (Å²) in [6, 6.07) is 10.6. The zero-order chi connectivity index (χ0) is 21.6. The van der Waals surface area contributed by atoms with Gasteiger partial charge >= 0.3 is 0 Å². The van der Waals surface area contributed by atoms with Crippen LogP contribution in [-0.4, -0.2) is 51.1 Å². The highest BCUT2D eigenvalue weighted by Crippen LogP contribution is 2.50. The molecular weight excluding hydrogens is 386 g/mol. The summed E-state index contributed by atoms with van der Waals surface area (Å²) in [6.07, 6.45) is 5.34. The van der Waals surface area contributed by atoms with Gasteiger partial charge in [0.15, 0.2) is 0 Å². The molecule has 1 heterocycles. The van der Waals surface area contributed by atoms with E-state index in [-0.39, 0.29) is 11.4 Å². The number of hydrogen-bond acceptors (Lipinski definition) is 4. The van der Waals surface area contributed by atoms with E-state index < -0.39 is 0 Å². The van der Waals surface area contributed by atoms with Crippen LogP contribution in [-0.2, 0) is 18.4 Å². The molecule has 3 aliphatic rings. The Labute approximate surface area is 185 Å². The summed E-state index contributed by atoms with van der Waals surface area (Å²) in [5, 5.41) is 3.44. The Bertz CT molecular complexity index is 1000. The number of anilines is 1. The molecule has 0 radical (unpaired) electrons. The van der Waals surface area contributed by atoms with Crippen molar-refractivity contribution in [1.29, 1.82) is 0 Å². The number of aryl methyl sites for hydroxylation is 1. The van der Waals surface area contributed by atoms with Crippen LogP contribution in [0.4, 0.5) is 5.69 Å². The number of methoxy groups -OCH3 is 1. The van der Waals surface area contributed by atoms with Crippen LogP contribution in [0.3, 0.4) is 0 Å². The van der Waals surface area contributed by atoms with E-state index in [0.717, 1.165) is 74.4 Å². The lowest BCUT2D eigenvalue weighted by Gasteiger charge is -2.34. The van der Waals surface area contributed by atoms with Gasteiger partial charge in [0.2, 0.25) is 0 Å². The molecule has 1 saturated heterocycles. The molecule has 5 nitrogen and oxygen atoms in total. The Hall–Kier alpha value is -2.53. The highest BCUT2D eigenvalue weighted by Gasteiger charge is 2.48. The van der Waals surface area contributed by atoms with Crippen LogP contribution in [0.5, 0.6) is 5.75 Å². The molecule has 2 aromatic rings. The number of hydrogen-bond donors (Lipinski definition) is 1. The van der Waals surface area contributed by atoms with Crippen LogP contribution in [0, 0.1) is 6.92 Å². The first-order chi connectivity index (χ1) is 15.0. The fraction of sp³-hybridized carbons (Fsp3) is 0.500. The molecule has 1 saturated carbocycles. The normalized spacial score (nSPS) is 19.8. The van der Waals surface area contributed by atoms with E-state index in [0.29, 0.717) is 0 Å². The monoisotopic (exact) mass is 419 g/mol. The van der Waals surface area contributed by atoms with E-state index in [1.54, 1.807) is 7.11 Å². The van der Waals surface area contributed by atoms with Gasteiger partial charge in [-0.15, -0.1) is 0 Å². The average molecular weight is 420 g/mol. The maximum Gasteiger partial charge on any atom is 0.252 e. The molecule has 0 aromatic heterocycles. The Kier molecular flexibility index (Phi) is 5.17. The number of amides is 1. The van der Waals surface area contributed by atoms with E-state index in [2.05, 4.69) is 52.5 Å². The molecule has 31 heavy (non-hydrogen) atoms. The molecular formula is C26H33N3O2. The molecule has 0 unspecified atom stereocenters. The van der Waals surface area contributed by atoms with E-state index in [1.165, 1.54) is 23.1 Å². The smallest absolute Gasteiger partial charge is 0.252 e. The van der Waals surface area contributed by atoms with Gasteiger partial charge in [0.1, 0.15) is 5.75 Å². The van der Waals surface area contributed by atoms with Crippen molar-refractivity contribution in [2.24, 2.45) is 0 Å². The lowest BCUT2D eigenvalue weighted by molar-refractivity contribution is 0.0930. The SMILES string of the molecule is COc1ccc(C2(NC(=O)c3cc(N4CCN(C)CC4)ccc3C)CC2)c2c1CCC2. The number of benzene rings is 2. The van der Waals surface area contributed by atoms with Gasteiger partial charge in [-0.2, -0.15) is 0 Å². The first-order valence-electron chi connectivity index (χ1n) is 11.6. The maximum absolute atomic E-state index is 13.4.